The molecule has 0 saturated carbocycles. The molecule has 82 valence electrons. The fourth-order valence-electron chi connectivity index (χ4n) is 1.47. The average molecular weight is 257 g/mol. The minimum absolute atomic E-state index is 0.0872. The van der Waals surface area contributed by atoms with E-state index in [2.05, 4.69) is 0 Å². The van der Waals surface area contributed by atoms with Crippen LogP contribution in [0.2, 0.25) is 10.0 Å². The van der Waals surface area contributed by atoms with Crippen molar-refractivity contribution in [2.45, 2.75) is 0 Å². The first-order valence-corrected chi connectivity index (χ1v) is 5.28. The van der Waals surface area contributed by atoms with Gasteiger partial charge < -0.3 is 5.11 Å². The van der Waals surface area contributed by atoms with Crippen molar-refractivity contribution in [1.29, 1.82) is 0 Å². The number of rotatable bonds is 1. The molecule has 16 heavy (non-hydrogen) atoms. The number of phenolic OH excluding ortho intramolecular Hbond substituents is 1. The third kappa shape index (κ3) is 1.99. The van der Waals surface area contributed by atoms with Crippen molar-refractivity contribution in [2.75, 3.05) is 0 Å². The lowest BCUT2D eigenvalue weighted by Crippen LogP contribution is -1.86. The van der Waals surface area contributed by atoms with Crippen LogP contribution >= 0.6 is 23.2 Å². The molecule has 0 heterocycles. The van der Waals surface area contributed by atoms with Gasteiger partial charge in [-0.05, 0) is 24.3 Å². The quantitative estimate of drug-likeness (QED) is 0.797. The second kappa shape index (κ2) is 4.32. The molecule has 2 aromatic rings. The first-order valence-electron chi connectivity index (χ1n) is 4.52. The fourth-order valence-corrected chi connectivity index (χ4v) is 1.97. The monoisotopic (exact) mass is 256 g/mol. The first-order chi connectivity index (χ1) is 7.59. The zero-order valence-corrected chi connectivity index (χ0v) is 9.56. The van der Waals surface area contributed by atoms with Crippen LogP contribution in [-0.4, -0.2) is 5.11 Å². The molecule has 0 aromatic heterocycles. The van der Waals surface area contributed by atoms with Gasteiger partial charge in [0.15, 0.2) is 0 Å². The molecule has 0 aliphatic carbocycles. The third-order valence-electron chi connectivity index (χ3n) is 2.19. The Labute approximate surface area is 102 Å². The van der Waals surface area contributed by atoms with E-state index in [1.165, 1.54) is 24.3 Å². The summed E-state index contributed by atoms with van der Waals surface area (Å²) in [6.07, 6.45) is 0. The van der Waals surface area contributed by atoms with E-state index in [9.17, 15) is 9.50 Å². The molecule has 0 fully saturated rings. The van der Waals surface area contributed by atoms with Gasteiger partial charge in [0.25, 0.3) is 0 Å². The highest BCUT2D eigenvalue weighted by Crippen LogP contribution is 2.37. The van der Waals surface area contributed by atoms with Crippen LogP contribution in [0.4, 0.5) is 4.39 Å². The number of hydrogen-bond donors (Lipinski definition) is 1. The van der Waals surface area contributed by atoms with Crippen molar-refractivity contribution in [2.24, 2.45) is 0 Å². The van der Waals surface area contributed by atoms with Crippen LogP contribution in [0.5, 0.6) is 5.75 Å². The number of hydrogen-bond acceptors (Lipinski definition) is 1. The Morgan fingerprint density at radius 3 is 2.44 bits per heavy atom. The summed E-state index contributed by atoms with van der Waals surface area (Å²) < 4.78 is 13.6. The van der Waals surface area contributed by atoms with Gasteiger partial charge in [-0.3, -0.25) is 0 Å². The predicted octanol–water partition coefficient (Wildman–Crippen LogP) is 4.51. The molecular weight excluding hydrogens is 250 g/mol. The molecular formula is C12H7Cl2FO. The summed E-state index contributed by atoms with van der Waals surface area (Å²) in [5.41, 5.74) is 0.505. The molecule has 2 rings (SSSR count). The highest BCUT2D eigenvalue weighted by Gasteiger charge is 2.13. The van der Waals surface area contributed by atoms with Gasteiger partial charge in [-0.15, -0.1) is 0 Å². The Morgan fingerprint density at radius 2 is 1.81 bits per heavy atom. The molecule has 0 radical (unpaired) electrons. The Kier molecular flexibility index (Phi) is 3.03. The highest BCUT2D eigenvalue weighted by molar-refractivity contribution is 6.36. The van der Waals surface area contributed by atoms with Crippen molar-refractivity contribution in [3.8, 4) is 16.9 Å². The van der Waals surface area contributed by atoms with E-state index in [1.54, 1.807) is 12.1 Å². The van der Waals surface area contributed by atoms with E-state index in [-0.39, 0.29) is 11.3 Å². The van der Waals surface area contributed by atoms with Crippen molar-refractivity contribution in [3.05, 3.63) is 52.3 Å². The van der Waals surface area contributed by atoms with E-state index in [4.69, 9.17) is 23.2 Å². The summed E-state index contributed by atoms with van der Waals surface area (Å²) in [6.45, 7) is 0. The largest absolute Gasteiger partial charge is 0.507 e. The topological polar surface area (TPSA) is 20.2 Å². The van der Waals surface area contributed by atoms with E-state index in [0.29, 0.717) is 15.6 Å². The number of halogens is 3. The van der Waals surface area contributed by atoms with E-state index in [1.807, 2.05) is 0 Å². The molecule has 0 atom stereocenters. The van der Waals surface area contributed by atoms with Crippen molar-refractivity contribution >= 4 is 23.2 Å². The maximum atomic E-state index is 13.6. The molecule has 0 aliphatic rings. The Morgan fingerprint density at radius 1 is 1.06 bits per heavy atom. The normalized spacial score (nSPS) is 10.4. The molecule has 1 nitrogen and oxygen atoms in total. The van der Waals surface area contributed by atoms with Crippen LogP contribution in [-0.2, 0) is 0 Å². The Bertz CT molecular complexity index is 520. The summed E-state index contributed by atoms with van der Waals surface area (Å²) >= 11 is 11.7. The van der Waals surface area contributed by atoms with Gasteiger partial charge in [0.1, 0.15) is 11.6 Å². The zero-order chi connectivity index (χ0) is 11.7. The molecule has 2 aromatic carbocycles. The van der Waals surface area contributed by atoms with Gasteiger partial charge in [-0.1, -0.05) is 35.3 Å². The van der Waals surface area contributed by atoms with E-state index >= 15 is 0 Å². The Hall–Kier alpha value is -1.25. The zero-order valence-electron chi connectivity index (χ0n) is 8.05. The van der Waals surface area contributed by atoms with Gasteiger partial charge in [-0.2, -0.15) is 0 Å². The summed E-state index contributed by atoms with van der Waals surface area (Å²) in [5, 5.41) is 10.4. The minimum atomic E-state index is -0.524. The SMILES string of the molecule is Oc1cccc(F)c1-c1ccc(Cl)cc1Cl. The number of phenols is 1. The van der Waals surface area contributed by atoms with Gasteiger partial charge in [0, 0.05) is 10.6 Å². The minimum Gasteiger partial charge on any atom is -0.507 e. The maximum Gasteiger partial charge on any atom is 0.134 e. The third-order valence-corrected chi connectivity index (χ3v) is 2.74. The second-order valence-electron chi connectivity index (χ2n) is 3.26. The lowest BCUT2D eigenvalue weighted by Gasteiger charge is -2.08. The predicted molar refractivity (Wildman–Crippen MR) is 63.5 cm³/mol. The van der Waals surface area contributed by atoms with Gasteiger partial charge in [-0.25, -0.2) is 4.39 Å². The van der Waals surface area contributed by atoms with Gasteiger partial charge >= 0.3 is 0 Å². The maximum absolute atomic E-state index is 13.6. The fraction of sp³-hybridized carbons (Fsp3) is 0. The molecule has 0 bridgehead atoms. The molecule has 0 aliphatic heterocycles. The molecule has 1 N–H and O–H groups in total. The molecule has 0 saturated heterocycles. The highest BCUT2D eigenvalue weighted by atomic mass is 35.5. The van der Waals surface area contributed by atoms with Crippen LogP contribution in [0, 0.1) is 5.82 Å². The second-order valence-corrected chi connectivity index (χ2v) is 4.10. The number of aromatic hydroxyl groups is 1. The van der Waals surface area contributed by atoms with Crippen molar-refractivity contribution < 1.29 is 9.50 Å². The lowest BCUT2D eigenvalue weighted by molar-refractivity contribution is 0.472. The molecule has 0 unspecified atom stereocenters. The van der Waals surface area contributed by atoms with E-state index in [0.717, 1.165) is 0 Å². The summed E-state index contributed by atoms with van der Waals surface area (Å²) in [4.78, 5) is 0. The van der Waals surface area contributed by atoms with Gasteiger partial charge in [0.05, 0.1) is 10.6 Å². The summed E-state index contributed by atoms with van der Waals surface area (Å²) in [6, 6.07) is 8.77. The van der Waals surface area contributed by atoms with Crippen LogP contribution in [0.25, 0.3) is 11.1 Å². The van der Waals surface area contributed by atoms with Crippen LogP contribution in [0.1, 0.15) is 0 Å². The smallest absolute Gasteiger partial charge is 0.134 e. The number of benzene rings is 2. The lowest BCUT2D eigenvalue weighted by atomic mass is 10.0. The summed E-state index contributed by atoms with van der Waals surface area (Å²) in [5.74, 6) is -0.673. The molecule has 0 amide bonds. The molecule has 4 heteroatoms. The standard InChI is InChI=1S/C12H7Cl2FO/c13-7-4-5-8(9(14)6-7)12-10(15)2-1-3-11(12)16/h1-6,16H. The van der Waals surface area contributed by atoms with E-state index < -0.39 is 5.82 Å². The van der Waals surface area contributed by atoms with Crippen LogP contribution in [0.3, 0.4) is 0 Å². The van der Waals surface area contributed by atoms with Gasteiger partial charge in [0.2, 0.25) is 0 Å². The summed E-state index contributed by atoms with van der Waals surface area (Å²) in [7, 11) is 0. The van der Waals surface area contributed by atoms with Crippen LogP contribution in [0.15, 0.2) is 36.4 Å². The first kappa shape index (κ1) is 11.2. The Balaban J connectivity index is 2.68. The van der Waals surface area contributed by atoms with Crippen molar-refractivity contribution in [1.82, 2.24) is 0 Å². The average Bonchev–Trinajstić information content (AvgIpc) is 2.20. The molecule has 0 spiro atoms. The van der Waals surface area contributed by atoms with Crippen LogP contribution < -0.4 is 0 Å². The van der Waals surface area contributed by atoms with Crippen molar-refractivity contribution in [3.63, 3.8) is 0 Å².